The number of carbonyl (C=O) groups is 1. The Morgan fingerprint density at radius 2 is 2.08 bits per heavy atom. The molecule has 0 aliphatic carbocycles. The van der Waals surface area contributed by atoms with E-state index in [9.17, 15) is 9.90 Å². The molecule has 0 spiro atoms. The summed E-state index contributed by atoms with van der Waals surface area (Å²) in [5.41, 5.74) is 3.84. The van der Waals surface area contributed by atoms with E-state index in [4.69, 9.17) is 0 Å². The van der Waals surface area contributed by atoms with Gasteiger partial charge in [-0.05, 0) is 37.6 Å². The number of H-pyrrole nitrogens is 2. The number of aromatic nitrogens is 5. The average molecular weight is 326 g/mol. The van der Waals surface area contributed by atoms with Crippen molar-refractivity contribution in [3.05, 3.63) is 41.2 Å². The summed E-state index contributed by atoms with van der Waals surface area (Å²) in [6.07, 6.45) is 0.110. The molecule has 1 aliphatic rings. The zero-order chi connectivity index (χ0) is 16.7. The first-order valence-electron chi connectivity index (χ1n) is 7.89. The van der Waals surface area contributed by atoms with E-state index < -0.39 is 6.10 Å². The molecule has 1 fully saturated rings. The molecule has 0 radical (unpaired) electrons. The van der Waals surface area contributed by atoms with Gasteiger partial charge in [0.1, 0.15) is 11.0 Å². The fourth-order valence-electron chi connectivity index (χ4n) is 3.22. The number of fused-ring (bicyclic) bond motifs is 1. The molecule has 8 nitrogen and oxygen atoms in total. The van der Waals surface area contributed by atoms with E-state index in [1.807, 2.05) is 13.0 Å². The van der Waals surface area contributed by atoms with Crippen molar-refractivity contribution in [2.24, 2.45) is 5.92 Å². The number of β-amino-alcohol motifs (C(OH)–C–C–N with tert-alkyl or cyclic N) is 1. The van der Waals surface area contributed by atoms with E-state index in [1.54, 1.807) is 23.1 Å². The summed E-state index contributed by atoms with van der Waals surface area (Å²) in [5.74, 6) is -0.105. The number of likely N-dealkylation sites (tertiary alicyclic amines) is 1. The molecule has 2 atom stereocenters. The summed E-state index contributed by atoms with van der Waals surface area (Å²) in [4.78, 5) is 14.4. The van der Waals surface area contributed by atoms with Gasteiger partial charge in [-0.15, -0.1) is 0 Å². The van der Waals surface area contributed by atoms with Crippen molar-refractivity contribution in [3.8, 4) is 0 Å². The molecule has 0 bridgehead atoms. The maximum atomic E-state index is 12.7. The summed E-state index contributed by atoms with van der Waals surface area (Å²) >= 11 is 0. The normalized spacial score (nSPS) is 20.8. The Kier molecular flexibility index (Phi) is 3.53. The van der Waals surface area contributed by atoms with E-state index in [2.05, 4.69) is 25.6 Å². The highest BCUT2D eigenvalue weighted by atomic mass is 16.3. The summed E-state index contributed by atoms with van der Waals surface area (Å²) in [7, 11) is 0. The summed E-state index contributed by atoms with van der Waals surface area (Å²) < 4.78 is 0. The monoisotopic (exact) mass is 326 g/mol. The Bertz CT molecular complexity index is 885. The third-order valence-corrected chi connectivity index (χ3v) is 4.49. The topological polar surface area (TPSA) is 111 Å². The van der Waals surface area contributed by atoms with Crippen LogP contribution in [0.4, 0.5) is 0 Å². The minimum Gasteiger partial charge on any atom is -0.391 e. The smallest absolute Gasteiger partial charge is 0.254 e. The van der Waals surface area contributed by atoms with Crippen molar-refractivity contribution in [1.29, 1.82) is 0 Å². The van der Waals surface area contributed by atoms with Crippen molar-refractivity contribution in [1.82, 2.24) is 30.5 Å². The SMILES string of the molecule is Cc1cc(C[C@@H]2CN(C(=O)c3ccc4n[nH]nc4c3)C[C@@H]2O)n[nH]1. The number of benzene rings is 1. The van der Waals surface area contributed by atoms with Crippen LogP contribution in [-0.2, 0) is 6.42 Å². The van der Waals surface area contributed by atoms with Crippen LogP contribution in [0.15, 0.2) is 24.3 Å². The maximum absolute atomic E-state index is 12.7. The van der Waals surface area contributed by atoms with Gasteiger partial charge in [-0.2, -0.15) is 20.5 Å². The largest absolute Gasteiger partial charge is 0.391 e. The van der Waals surface area contributed by atoms with Crippen LogP contribution >= 0.6 is 0 Å². The first-order valence-corrected chi connectivity index (χ1v) is 7.89. The minimum absolute atomic E-state index is 0.00701. The molecule has 3 aromatic rings. The lowest BCUT2D eigenvalue weighted by Crippen LogP contribution is -2.29. The van der Waals surface area contributed by atoms with Gasteiger partial charge in [-0.1, -0.05) is 0 Å². The van der Waals surface area contributed by atoms with Crippen molar-refractivity contribution in [2.75, 3.05) is 13.1 Å². The molecule has 4 rings (SSSR count). The number of amides is 1. The molecular weight excluding hydrogens is 308 g/mol. The zero-order valence-corrected chi connectivity index (χ0v) is 13.2. The molecule has 1 aliphatic heterocycles. The van der Waals surface area contributed by atoms with Gasteiger partial charge in [-0.25, -0.2) is 0 Å². The average Bonchev–Trinajstić information content (AvgIpc) is 3.27. The number of aliphatic hydroxyl groups is 1. The molecule has 24 heavy (non-hydrogen) atoms. The van der Waals surface area contributed by atoms with Gasteiger partial charge < -0.3 is 10.0 Å². The standard InChI is InChI=1S/C16H18N6O2/c1-9-4-12(18-17-9)5-11-7-22(8-15(11)23)16(24)10-2-3-13-14(6-10)20-21-19-13/h2-4,6,11,15,23H,5,7-8H2,1H3,(H,17,18)(H,19,20,21)/t11-,15+/m1/s1. The Labute approximate surface area is 137 Å². The van der Waals surface area contributed by atoms with E-state index in [0.717, 1.165) is 16.9 Å². The Morgan fingerprint density at radius 3 is 2.88 bits per heavy atom. The second-order valence-corrected chi connectivity index (χ2v) is 6.31. The maximum Gasteiger partial charge on any atom is 0.254 e. The van der Waals surface area contributed by atoms with Crippen LogP contribution in [0.1, 0.15) is 21.7 Å². The van der Waals surface area contributed by atoms with Crippen LogP contribution in [0.2, 0.25) is 0 Å². The molecular formula is C16H18N6O2. The first-order chi connectivity index (χ1) is 11.6. The summed E-state index contributed by atoms with van der Waals surface area (Å²) in [6, 6.07) is 7.19. The highest BCUT2D eigenvalue weighted by molar-refractivity contribution is 5.97. The van der Waals surface area contributed by atoms with Gasteiger partial charge in [0, 0.05) is 30.3 Å². The van der Waals surface area contributed by atoms with Crippen LogP contribution in [0.3, 0.4) is 0 Å². The molecule has 3 N–H and O–H groups in total. The molecule has 1 saturated heterocycles. The molecule has 2 aromatic heterocycles. The molecule has 1 aromatic carbocycles. The van der Waals surface area contributed by atoms with E-state index in [1.165, 1.54) is 0 Å². The third-order valence-electron chi connectivity index (χ3n) is 4.49. The zero-order valence-electron chi connectivity index (χ0n) is 13.2. The van der Waals surface area contributed by atoms with Gasteiger partial charge in [0.2, 0.25) is 0 Å². The molecule has 0 unspecified atom stereocenters. The lowest BCUT2D eigenvalue weighted by atomic mass is 10.0. The molecule has 3 heterocycles. The van der Waals surface area contributed by atoms with Gasteiger partial charge in [0.25, 0.3) is 5.91 Å². The lowest BCUT2D eigenvalue weighted by molar-refractivity contribution is 0.0765. The molecule has 124 valence electrons. The highest BCUT2D eigenvalue weighted by Gasteiger charge is 2.34. The second kappa shape index (κ2) is 5.72. The fraction of sp³-hybridized carbons (Fsp3) is 0.375. The van der Waals surface area contributed by atoms with Crippen molar-refractivity contribution < 1.29 is 9.90 Å². The minimum atomic E-state index is -0.540. The van der Waals surface area contributed by atoms with Crippen LogP contribution in [0.25, 0.3) is 11.0 Å². The number of aromatic amines is 2. The first kappa shape index (κ1) is 14.8. The number of nitrogens with one attached hydrogen (secondary N) is 2. The molecule has 8 heteroatoms. The number of aryl methyl sites for hydroxylation is 1. The van der Waals surface area contributed by atoms with Crippen molar-refractivity contribution in [2.45, 2.75) is 19.4 Å². The van der Waals surface area contributed by atoms with E-state index in [0.29, 0.717) is 30.6 Å². The Morgan fingerprint density at radius 1 is 1.25 bits per heavy atom. The number of nitrogens with zero attached hydrogens (tertiary/aromatic N) is 4. The Hall–Kier alpha value is -2.74. The molecule has 0 saturated carbocycles. The molecule has 1 amide bonds. The number of hydrogen-bond acceptors (Lipinski definition) is 5. The van der Waals surface area contributed by atoms with Crippen LogP contribution < -0.4 is 0 Å². The number of hydrogen-bond donors (Lipinski definition) is 3. The van der Waals surface area contributed by atoms with Gasteiger partial charge in [0.05, 0.1) is 11.8 Å². The number of carbonyl (C=O) groups excluding carboxylic acids is 1. The number of rotatable bonds is 3. The van der Waals surface area contributed by atoms with Gasteiger partial charge in [0.15, 0.2) is 0 Å². The van der Waals surface area contributed by atoms with E-state index >= 15 is 0 Å². The third kappa shape index (κ3) is 2.65. The van der Waals surface area contributed by atoms with E-state index in [-0.39, 0.29) is 11.8 Å². The summed E-state index contributed by atoms with van der Waals surface area (Å²) in [6.45, 7) is 2.80. The number of aliphatic hydroxyl groups excluding tert-OH is 1. The van der Waals surface area contributed by atoms with Gasteiger partial charge >= 0.3 is 0 Å². The lowest BCUT2D eigenvalue weighted by Gasteiger charge is -2.16. The second-order valence-electron chi connectivity index (χ2n) is 6.31. The predicted molar refractivity (Wildman–Crippen MR) is 86.3 cm³/mol. The van der Waals surface area contributed by atoms with Crippen LogP contribution in [0.5, 0.6) is 0 Å². The highest BCUT2D eigenvalue weighted by Crippen LogP contribution is 2.23. The van der Waals surface area contributed by atoms with Crippen molar-refractivity contribution in [3.63, 3.8) is 0 Å². The quantitative estimate of drug-likeness (QED) is 0.655. The van der Waals surface area contributed by atoms with Crippen LogP contribution in [-0.4, -0.2) is 60.7 Å². The van der Waals surface area contributed by atoms with Crippen molar-refractivity contribution >= 4 is 16.9 Å². The predicted octanol–water partition coefficient (Wildman–Crippen LogP) is 0.665. The fourth-order valence-corrected chi connectivity index (χ4v) is 3.22. The Balaban J connectivity index is 1.49. The summed E-state index contributed by atoms with van der Waals surface area (Å²) in [5, 5.41) is 27.9. The van der Waals surface area contributed by atoms with Crippen LogP contribution in [0, 0.1) is 12.8 Å². The van der Waals surface area contributed by atoms with Gasteiger partial charge in [-0.3, -0.25) is 9.89 Å².